The molecule has 0 saturated carbocycles. The van der Waals surface area contributed by atoms with Gasteiger partial charge >= 0.3 is 5.97 Å². The highest BCUT2D eigenvalue weighted by atomic mass is 16.5. The van der Waals surface area contributed by atoms with Crippen LogP contribution < -0.4 is 5.32 Å². The molecule has 0 spiro atoms. The molecule has 1 unspecified atom stereocenters. The molecule has 0 fully saturated rings. The molecule has 2 N–H and O–H groups in total. The molecule has 1 atom stereocenters. The van der Waals surface area contributed by atoms with Crippen molar-refractivity contribution in [2.45, 2.75) is 39.0 Å². The predicted molar refractivity (Wildman–Crippen MR) is 68.7 cm³/mol. The Kier molecular flexibility index (Phi) is 4.16. The third-order valence-corrected chi connectivity index (χ3v) is 3.23. The monoisotopic (exact) mass is 263 g/mol. The lowest BCUT2D eigenvalue weighted by molar-refractivity contribution is -0.137. The Morgan fingerprint density at radius 2 is 2.11 bits per heavy atom. The first-order valence-electron chi connectivity index (χ1n) is 6.32. The van der Waals surface area contributed by atoms with Crippen molar-refractivity contribution in [3.8, 4) is 0 Å². The second-order valence-electron chi connectivity index (χ2n) is 4.65. The molecule has 0 radical (unpaired) electrons. The first-order valence-corrected chi connectivity index (χ1v) is 6.32. The summed E-state index contributed by atoms with van der Waals surface area (Å²) in [5, 5.41) is 11.5. The van der Waals surface area contributed by atoms with Crippen LogP contribution in [0.15, 0.2) is 18.2 Å². The Balaban J connectivity index is 2.05. The van der Waals surface area contributed by atoms with Gasteiger partial charge in [-0.2, -0.15) is 0 Å². The van der Waals surface area contributed by atoms with Crippen molar-refractivity contribution in [1.82, 2.24) is 5.32 Å². The Bertz CT molecular complexity index is 498. The third-order valence-electron chi connectivity index (χ3n) is 3.23. The van der Waals surface area contributed by atoms with Crippen LogP contribution >= 0.6 is 0 Å². The average molecular weight is 263 g/mol. The van der Waals surface area contributed by atoms with E-state index in [0.29, 0.717) is 25.2 Å². The summed E-state index contributed by atoms with van der Waals surface area (Å²) >= 11 is 0. The van der Waals surface area contributed by atoms with Crippen LogP contribution in [0, 0.1) is 0 Å². The number of fused-ring (bicyclic) bond motifs is 1. The summed E-state index contributed by atoms with van der Waals surface area (Å²) in [5.74, 6) is -1.14. The van der Waals surface area contributed by atoms with Crippen molar-refractivity contribution < 1.29 is 19.4 Å². The van der Waals surface area contributed by atoms with Gasteiger partial charge in [-0.3, -0.25) is 9.59 Å². The summed E-state index contributed by atoms with van der Waals surface area (Å²) in [5.41, 5.74) is 2.68. The van der Waals surface area contributed by atoms with Crippen LogP contribution in [0.4, 0.5) is 0 Å². The second-order valence-corrected chi connectivity index (χ2v) is 4.65. The summed E-state index contributed by atoms with van der Waals surface area (Å²) < 4.78 is 5.30. The van der Waals surface area contributed by atoms with Crippen LogP contribution in [0.1, 0.15) is 41.3 Å². The zero-order valence-corrected chi connectivity index (χ0v) is 10.8. The number of hydrogen-bond acceptors (Lipinski definition) is 3. The van der Waals surface area contributed by atoms with E-state index in [0.717, 1.165) is 11.1 Å². The maximum absolute atomic E-state index is 12.1. The number of carboxylic acid groups (broad SMARTS) is 1. The van der Waals surface area contributed by atoms with Crippen molar-refractivity contribution in [2.75, 3.05) is 0 Å². The van der Waals surface area contributed by atoms with Crippen molar-refractivity contribution in [3.63, 3.8) is 0 Å². The number of aliphatic carboxylic acids is 1. The van der Waals surface area contributed by atoms with E-state index in [1.807, 2.05) is 19.1 Å². The molecule has 102 valence electrons. The van der Waals surface area contributed by atoms with Crippen molar-refractivity contribution in [3.05, 3.63) is 34.9 Å². The summed E-state index contributed by atoms with van der Waals surface area (Å²) in [7, 11) is 0. The van der Waals surface area contributed by atoms with E-state index < -0.39 is 5.97 Å². The van der Waals surface area contributed by atoms with Crippen molar-refractivity contribution >= 4 is 11.9 Å². The highest BCUT2D eigenvalue weighted by Crippen LogP contribution is 2.20. The van der Waals surface area contributed by atoms with E-state index in [9.17, 15) is 9.59 Å². The number of rotatable bonds is 5. The number of carboxylic acids is 1. The molecule has 1 aromatic carbocycles. The lowest BCUT2D eigenvalue weighted by Crippen LogP contribution is -2.36. The topological polar surface area (TPSA) is 75.6 Å². The molecule has 1 aliphatic rings. The van der Waals surface area contributed by atoms with Gasteiger partial charge < -0.3 is 15.2 Å². The standard InChI is InChI=1S/C14H17NO4/c1-2-12(6-13(16)17)15-14(18)9-3-4-10-7-19-8-11(10)5-9/h3-5,12H,2,6-8H2,1H3,(H,15,18)(H,16,17). The van der Waals surface area contributed by atoms with Gasteiger partial charge in [-0.15, -0.1) is 0 Å². The van der Waals surface area contributed by atoms with Crippen LogP contribution in [0.3, 0.4) is 0 Å². The molecule has 1 aliphatic heterocycles. The zero-order valence-electron chi connectivity index (χ0n) is 10.8. The zero-order chi connectivity index (χ0) is 13.8. The SMILES string of the molecule is CCC(CC(=O)O)NC(=O)c1ccc2c(c1)COC2. The van der Waals surface area contributed by atoms with Gasteiger partial charge in [0.25, 0.3) is 5.91 Å². The predicted octanol–water partition coefficient (Wildman–Crippen LogP) is 1.70. The molecule has 19 heavy (non-hydrogen) atoms. The van der Waals surface area contributed by atoms with E-state index >= 15 is 0 Å². The Hall–Kier alpha value is -1.88. The minimum Gasteiger partial charge on any atom is -0.481 e. The van der Waals surface area contributed by atoms with Crippen LogP contribution in [0.5, 0.6) is 0 Å². The first-order chi connectivity index (χ1) is 9.10. The van der Waals surface area contributed by atoms with Gasteiger partial charge in [0.1, 0.15) is 0 Å². The van der Waals surface area contributed by atoms with E-state index in [1.165, 1.54) is 0 Å². The van der Waals surface area contributed by atoms with Gasteiger partial charge in [0.15, 0.2) is 0 Å². The van der Waals surface area contributed by atoms with Crippen LogP contribution in [0.2, 0.25) is 0 Å². The van der Waals surface area contributed by atoms with Gasteiger partial charge in [0.05, 0.1) is 19.6 Å². The van der Waals surface area contributed by atoms with Gasteiger partial charge in [-0.05, 0) is 29.7 Å². The lowest BCUT2D eigenvalue weighted by Gasteiger charge is -2.15. The molecule has 1 aromatic rings. The molecule has 0 aromatic heterocycles. The molecule has 1 amide bonds. The number of benzene rings is 1. The Morgan fingerprint density at radius 1 is 1.37 bits per heavy atom. The second kappa shape index (κ2) is 5.84. The van der Waals surface area contributed by atoms with E-state index in [1.54, 1.807) is 6.07 Å². The molecule has 2 rings (SSSR count). The van der Waals surface area contributed by atoms with Crippen molar-refractivity contribution in [1.29, 1.82) is 0 Å². The van der Waals surface area contributed by atoms with Gasteiger partial charge in [-0.1, -0.05) is 13.0 Å². The summed E-state index contributed by atoms with van der Waals surface area (Å²) in [4.78, 5) is 22.7. The van der Waals surface area contributed by atoms with Gasteiger partial charge in [0.2, 0.25) is 0 Å². The highest BCUT2D eigenvalue weighted by Gasteiger charge is 2.17. The van der Waals surface area contributed by atoms with Crippen LogP contribution in [-0.2, 0) is 22.7 Å². The normalized spacial score (nSPS) is 14.8. The highest BCUT2D eigenvalue weighted by molar-refractivity contribution is 5.94. The molecular weight excluding hydrogens is 246 g/mol. The maximum Gasteiger partial charge on any atom is 0.305 e. The van der Waals surface area contributed by atoms with Gasteiger partial charge in [-0.25, -0.2) is 0 Å². The molecule has 5 heteroatoms. The molecule has 0 aliphatic carbocycles. The van der Waals surface area contributed by atoms with Crippen LogP contribution in [-0.4, -0.2) is 23.0 Å². The van der Waals surface area contributed by atoms with E-state index in [-0.39, 0.29) is 18.4 Å². The van der Waals surface area contributed by atoms with Gasteiger partial charge in [0, 0.05) is 11.6 Å². The van der Waals surface area contributed by atoms with E-state index in [4.69, 9.17) is 9.84 Å². The smallest absolute Gasteiger partial charge is 0.305 e. The Labute approximate surface area is 111 Å². The Morgan fingerprint density at radius 3 is 2.79 bits per heavy atom. The number of nitrogens with one attached hydrogen (secondary N) is 1. The maximum atomic E-state index is 12.1. The molecule has 0 saturated heterocycles. The molecule has 0 bridgehead atoms. The van der Waals surface area contributed by atoms with Crippen molar-refractivity contribution in [2.24, 2.45) is 0 Å². The number of amides is 1. The minimum atomic E-state index is -0.908. The molecule has 1 heterocycles. The third kappa shape index (κ3) is 3.32. The fourth-order valence-electron chi connectivity index (χ4n) is 2.09. The summed E-state index contributed by atoms with van der Waals surface area (Å²) in [6.45, 7) is 2.97. The molecule has 5 nitrogen and oxygen atoms in total. The number of hydrogen-bond donors (Lipinski definition) is 2. The lowest BCUT2D eigenvalue weighted by atomic mass is 10.0. The molecular formula is C14H17NO4. The van der Waals surface area contributed by atoms with E-state index in [2.05, 4.69) is 5.32 Å². The minimum absolute atomic E-state index is 0.0592. The fraction of sp³-hybridized carbons (Fsp3) is 0.429. The average Bonchev–Trinajstić information content (AvgIpc) is 2.84. The number of ether oxygens (including phenoxy) is 1. The number of carbonyl (C=O) groups is 2. The first kappa shape index (κ1) is 13.5. The fourth-order valence-corrected chi connectivity index (χ4v) is 2.09. The number of carbonyl (C=O) groups excluding carboxylic acids is 1. The van der Waals surface area contributed by atoms with Crippen LogP contribution in [0.25, 0.3) is 0 Å². The summed E-state index contributed by atoms with van der Waals surface area (Å²) in [6.07, 6.45) is 0.530. The largest absolute Gasteiger partial charge is 0.481 e. The summed E-state index contributed by atoms with van der Waals surface area (Å²) in [6, 6.07) is 5.10. The quantitative estimate of drug-likeness (QED) is 0.847.